The van der Waals surface area contributed by atoms with Crippen LogP contribution in [0.5, 0.6) is 0 Å². The van der Waals surface area contributed by atoms with Gasteiger partial charge >= 0.3 is 0 Å². The minimum absolute atomic E-state index is 0.642. The summed E-state index contributed by atoms with van der Waals surface area (Å²) in [4.78, 5) is 0. The minimum Gasteiger partial charge on any atom is -0.217 e. The third kappa shape index (κ3) is 3.17. The van der Waals surface area contributed by atoms with Gasteiger partial charge in [0.05, 0.1) is 6.54 Å². The molecule has 0 spiro atoms. The second-order valence-corrected chi connectivity index (χ2v) is 4.65. The van der Waals surface area contributed by atoms with Gasteiger partial charge in [-0.05, 0) is 22.9 Å². The van der Waals surface area contributed by atoms with Crippen LogP contribution in [0.3, 0.4) is 0 Å². The summed E-state index contributed by atoms with van der Waals surface area (Å²) in [6, 6.07) is 8.49. The lowest BCUT2D eigenvalue weighted by Crippen LogP contribution is -1.99. The van der Waals surface area contributed by atoms with E-state index in [4.69, 9.17) is 0 Å². The molecule has 0 unspecified atom stereocenters. The summed E-state index contributed by atoms with van der Waals surface area (Å²) >= 11 is 1.63. The molecule has 4 nitrogen and oxygen atoms in total. The van der Waals surface area contributed by atoms with E-state index in [0.717, 1.165) is 10.9 Å². The molecular formula is C12H14N4S. The van der Waals surface area contributed by atoms with Crippen molar-refractivity contribution in [3.63, 3.8) is 0 Å². The smallest absolute Gasteiger partial charge is 0.209 e. The van der Waals surface area contributed by atoms with Crippen LogP contribution in [0.15, 0.2) is 42.1 Å². The molecule has 0 radical (unpaired) electrons. The number of thioether (sulfide) groups is 1. The van der Waals surface area contributed by atoms with Crippen LogP contribution in [-0.4, -0.2) is 20.2 Å². The molecule has 1 aromatic carbocycles. The lowest BCUT2D eigenvalue weighted by Gasteiger charge is -2.02. The third-order valence-corrected chi connectivity index (χ3v) is 3.32. The SMILES string of the molecule is C=CCn1nnnc1SCc1ccc(C)cc1. The molecule has 1 aromatic heterocycles. The maximum Gasteiger partial charge on any atom is 0.209 e. The van der Waals surface area contributed by atoms with Gasteiger partial charge in [0, 0.05) is 5.75 Å². The van der Waals surface area contributed by atoms with Crippen LogP contribution in [0.2, 0.25) is 0 Å². The van der Waals surface area contributed by atoms with Crippen LogP contribution in [0.25, 0.3) is 0 Å². The van der Waals surface area contributed by atoms with Crippen molar-refractivity contribution in [1.82, 2.24) is 20.2 Å². The Hall–Kier alpha value is -1.62. The van der Waals surface area contributed by atoms with E-state index in [1.807, 2.05) is 0 Å². The Balaban J connectivity index is 1.99. The number of nitrogens with zero attached hydrogens (tertiary/aromatic N) is 4. The minimum atomic E-state index is 0.642. The van der Waals surface area contributed by atoms with Crippen molar-refractivity contribution in [2.75, 3.05) is 0 Å². The largest absolute Gasteiger partial charge is 0.217 e. The predicted octanol–water partition coefficient (Wildman–Crippen LogP) is 2.46. The first-order valence-electron chi connectivity index (χ1n) is 5.35. The molecule has 0 saturated heterocycles. The molecule has 2 aromatic rings. The van der Waals surface area contributed by atoms with Crippen molar-refractivity contribution in [2.45, 2.75) is 24.4 Å². The average molecular weight is 246 g/mol. The number of allylic oxidation sites excluding steroid dienone is 1. The van der Waals surface area contributed by atoms with Gasteiger partial charge in [0.2, 0.25) is 5.16 Å². The van der Waals surface area contributed by atoms with E-state index >= 15 is 0 Å². The van der Waals surface area contributed by atoms with E-state index < -0.39 is 0 Å². The number of tetrazole rings is 1. The van der Waals surface area contributed by atoms with Gasteiger partial charge in [-0.2, -0.15) is 0 Å². The summed E-state index contributed by atoms with van der Waals surface area (Å²) in [5.74, 6) is 0.873. The summed E-state index contributed by atoms with van der Waals surface area (Å²) in [6.07, 6.45) is 1.78. The molecule has 0 aliphatic rings. The van der Waals surface area contributed by atoms with E-state index in [9.17, 15) is 0 Å². The van der Waals surface area contributed by atoms with Gasteiger partial charge < -0.3 is 0 Å². The van der Waals surface area contributed by atoms with Crippen LogP contribution < -0.4 is 0 Å². The average Bonchev–Trinajstić information content (AvgIpc) is 2.77. The second-order valence-electron chi connectivity index (χ2n) is 3.71. The van der Waals surface area contributed by atoms with Crippen LogP contribution in [-0.2, 0) is 12.3 Å². The van der Waals surface area contributed by atoms with Crippen molar-refractivity contribution in [3.05, 3.63) is 48.0 Å². The summed E-state index contributed by atoms with van der Waals surface area (Å²) in [7, 11) is 0. The molecule has 2 rings (SSSR count). The summed E-state index contributed by atoms with van der Waals surface area (Å²) in [5.41, 5.74) is 2.55. The zero-order chi connectivity index (χ0) is 12.1. The lowest BCUT2D eigenvalue weighted by atomic mass is 10.2. The zero-order valence-corrected chi connectivity index (χ0v) is 10.5. The molecule has 17 heavy (non-hydrogen) atoms. The maximum atomic E-state index is 3.98. The van der Waals surface area contributed by atoms with Crippen LogP contribution in [0.1, 0.15) is 11.1 Å². The molecule has 88 valence electrons. The number of hydrogen-bond acceptors (Lipinski definition) is 4. The van der Waals surface area contributed by atoms with Gasteiger partial charge in [0.15, 0.2) is 0 Å². The standard InChI is InChI=1S/C12H14N4S/c1-3-8-16-12(13-14-15-16)17-9-11-6-4-10(2)5-7-11/h3-7H,1,8-9H2,2H3. The zero-order valence-electron chi connectivity index (χ0n) is 9.71. The number of benzene rings is 1. The van der Waals surface area contributed by atoms with Crippen LogP contribution >= 0.6 is 11.8 Å². The second kappa shape index (κ2) is 5.63. The Morgan fingerprint density at radius 3 is 2.82 bits per heavy atom. The Labute approximate surface area is 105 Å². The molecule has 1 heterocycles. The molecule has 5 heteroatoms. The van der Waals surface area contributed by atoms with E-state index in [-0.39, 0.29) is 0 Å². The van der Waals surface area contributed by atoms with Crippen molar-refractivity contribution >= 4 is 11.8 Å². The molecule has 0 bridgehead atoms. The fraction of sp³-hybridized carbons (Fsp3) is 0.250. The Morgan fingerprint density at radius 2 is 2.12 bits per heavy atom. The quantitative estimate of drug-likeness (QED) is 0.600. The van der Waals surface area contributed by atoms with E-state index in [0.29, 0.717) is 6.54 Å². The van der Waals surface area contributed by atoms with Gasteiger partial charge in [0.1, 0.15) is 0 Å². The fourth-order valence-corrected chi connectivity index (χ4v) is 2.21. The first kappa shape index (κ1) is 11.9. The van der Waals surface area contributed by atoms with Crippen molar-refractivity contribution in [3.8, 4) is 0 Å². The predicted molar refractivity (Wildman–Crippen MR) is 68.8 cm³/mol. The molecule has 0 atom stereocenters. The molecular weight excluding hydrogens is 232 g/mol. The lowest BCUT2D eigenvalue weighted by molar-refractivity contribution is 0.614. The molecule has 0 saturated carbocycles. The highest BCUT2D eigenvalue weighted by atomic mass is 32.2. The number of aryl methyl sites for hydroxylation is 1. The van der Waals surface area contributed by atoms with E-state index in [2.05, 4.69) is 53.3 Å². The molecule has 0 aliphatic heterocycles. The highest BCUT2D eigenvalue weighted by Gasteiger charge is 2.05. The van der Waals surface area contributed by atoms with Gasteiger partial charge in [0.25, 0.3) is 0 Å². The van der Waals surface area contributed by atoms with Gasteiger partial charge in [-0.15, -0.1) is 11.7 Å². The van der Waals surface area contributed by atoms with Gasteiger partial charge in [-0.3, -0.25) is 0 Å². The summed E-state index contributed by atoms with van der Waals surface area (Å²) in [6.45, 7) is 6.41. The van der Waals surface area contributed by atoms with Crippen molar-refractivity contribution in [1.29, 1.82) is 0 Å². The van der Waals surface area contributed by atoms with E-state index in [1.54, 1.807) is 22.5 Å². The van der Waals surface area contributed by atoms with Crippen molar-refractivity contribution < 1.29 is 0 Å². The Bertz CT molecular complexity index is 489. The summed E-state index contributed by atoms with van der Waals surface area (Å²) < 4.78 is 1.74. The molecule has 0 fully saturated rings. The Morgan fingerprint density at radius 1 is 1.35 bits per heavy atom. The van der Waals surface area contributed by atoms with E-state index in [1.165, 1.54) is 11.1 Å². The monoisotopic (exact) mass is 246 g/mol. The number of hydrogen-bond donors (Lipinski definition) is 0. The summed E-state index contributed by atoms with van der Waals surface area (Å²) in [5, 5.41) is 12.4. The maximum absolute atomic E-state index is 3.98. The first-order chi connectivity index (χ1) is 8.29. The molecule has 0 aliphatic carbocycles. The third-order valence-electron chi connectivity index (χ3n) is 2.29. The molecule has 0 N–H and O–H groups in total. The van der Waals surface area contributed by atoms with Crippen molar-refractivity contribution in [2.24, 2.45) is 0 Å². The fourth-order valence-electron chi connectivity index (χ4n) is 1.37. The number of rotatable bonds is 5. The molecule has 0 amide bonds. The highest BCUT2D eigenvalue weighted by molar-refractivity contribution is 7.98. The van der Waals surface area contributed by atoms with Crippen LogP contribution in [0, 0.1) is 6.92 Å². The van der Waals surface area contributed by atoms with Crippen LogP contribution in [0.4, 0.5) is 0 Å². The van der Waals surface area contributed by atoms with Gasteiger partial charge in [-0.1, -0.05) is 47.7 Å². The first-order valence-corrected chi connectivity index (χ1v) is 6.33. The number of aromatic nitrogens is 4. The van der Waals surface area contributed by atoms with Gasteiger partial charge in [-0.25, -0.2) is 4.68 Å². The normalized spacial score (nSPS) is 10.4. The Kier molecular flexibility index (Phi) is 3.93. The topological polar surface area (TPSA) is 43.6 Å². The highest BCUT2D eigenvalue weighted by Crippen LogP contribution is 2.19.